The van der Waals surface area contributed by atoms with Crippen LogP contribution >= 0.6 is 0 Å². The van der Waals surface area contributed by atoms with Gasteiger partial charge in [0, 0.05) is 12.6 Å². The lowest BCUT2D eigenvalue weighted by atomic mass is 9.94. The maximum Gasteiger partial charge on any atom is 0.0693 e. The zero-order chi connectivity index (χ0) is 10.0. The van der Waals surface area contributed by atoms with Gasteiger partial charge in [-0.15, -0.1) is 0 Å². The summed E-state index contributed by atoms with van der Waals surface area (Å²) in [4.78, 5) is 2.16. The highest BCUT2D eigenvalue weighted by Gasteiger charge is 2.28. The summed E-state index contributed by atoms with van der Waals surface area (Å²) in [5.74, 6) is 0.400. The molecule has 0 aromatic rings. The van der Waals surface area contributed by atoms with E-state index in [0.717, 1.165) is 13.0 Å². The predicted octanol–water partition coefficient (Wildman–Crippen LogP) is 0.458. The number of hydrogen-bond acceptors (Lipinski definition) is 3. The normalized spacial score (nSPS) is 35.8. The second-order valence-corrected chi connectivity index (χ2v) is 4.31. The van der Waals surface area contributed by atoms with Crippen LogP contribution in [-0.4, -0.2) is 46.5 Å². The summed E-state index contributed by atoms with van der Waals surface area (Å²) in [6.07, 6.45) is 0.480. The van der Waals surface area contributed by atoms with Gasteiger partial charge in [-0.2, -0.15) is 0 Å². The average Bonchev–Trinajstić information content (AvgIpc) is 2.08. The lowest BCUT2D eigenvalue weighted by Gasteiger charge is -2.39. The van der Waals surface area contributed by atoms with Crippen molar-refractivity contribution >= 4 is 0 Å². The smallest absolute Gasteiger partial charge is 0.0693 e. The van der Waals surface area contributed by atoms with Crippen LogP contribution in [0, 0.1) is 5.92 Å². The van der Waals surface area contributed by atoms with Crippen molar-refractivity contribution in [1.82, 2.24) is 4.90 Å². The van der Waals surface area contributed by atoms with Gasteiger partial charge in [0.1, 0.15) is 0 Å². The summed E-state index contributed by atoms with van der Waals surface area (Å²) in [5.41, 5.74) is 0. The Morgan fingerprint density at radius 1 is 1.38 bits per heavy atom. The van der Waals surface area contributed by atoms with Crippen molar-refractivity contribution in [1.29, 1.82) is 0 Å². The lowest BCUT2D eigenvalue weighted by molar-refractivity contribution is -0.0152. The monoisotopic (exact) mass is 187 g/mol. The number of aliphatic hydroxyl groups is 2. The van der Waals surface area contributed by atoms with Gasteiger partial charge in [-0.05, 0) is 32.7 Å². The number of piperidine rings is 1. The molecule has 0 amide bonds. The number of nitrogens with zero attached hydrogens (tertiary/aromatic N) is 1. The lowest BCUT2D eigenvalue weighted by Crippen LogP contribution is -2.50. The van der Waals surface area contributed by atoms with Crippen molar-refractivity contribution in [2.24, 2.45) is 5.92 Å². The fourth-order valence-electron chi connectivity index (χ4n) is 1.75. The quantitative estimate of drug-likeness (QED) is 0.660. The first-order chi connectivity index (χ1) is 6.02. The molecule has 1 rings (SSSR count). The number of rotatable bonds is 2. The van der Waals surface area contributed by atoms with Gasteiger partial charge >= 0.3 is 0 Å². The van der Waals surface area contributed by atoms with Gasteiger partial charge in [0.05, 0.1) is 12.2 Å². The predicted molar refractivity (Wildman–Crippen MR) is 52.5 cm³/mol. The molecule has 1 heterocycles. The van der Waals surface area contributed by atoms with Crippen molar-refractivity contribution in [2.75, 3.05) is 13.1 Å². The summed E-state index contributed by atoms with van der Waals surface area (Å²) < 4.78 is 0. The topological polar surface area (TPSA) is 43.7 Å². The van der Waals surface area contributed by atoms with Crippen molar-refractivity contribution in [3.05, 3.63) is 0 Å². The molecule has 78 valence electrons. The highest BCUT2D eigenvalue weighted by molar-refractivity contribution is 4.82. The van der Waals surface area contributed by atoms with Crippen LogP contribution in [-0.2, 0) is 0 Å². The highest BCUT2D eigenvalue weighted by Crippen LogP contribution is 2.19. The molecule has 1 aliphatic rings. The molecule has 0 aromatic heterocycles. The molecule has 0 aliphatic carbocycles. The minimum atomic E-state index is -0.319. The molecule has 0 spiro atoms. The molecular formula is C10H21NO2. The molecule has 3 nitrogen and oxygen atoms in total. The van der Waals surface area contributed by atoms with Crippen LogP contribution in [0.4, 0.5) is 0 Å². The molecule has 0 bridgehead atoms. The third kappa shape index (κ3) is 2.66. The van der Waals surface area contributed by atoms with E-state index in [4.69, 9.17) is 0 Å². The van der Waals surface area contributed by atoms with E-state index in [0.29, 0.717) is 12.5 Å². The van der Waals surface area contributed by atoms with Crippen LogP contribution in [0.2, 0.25) is 0 Å². The Labute approximate surface area is 80.4 Å². The van der Waals surface area contributed by atoms with Crippen molar-refractivity contribution in [3.63, 3.8) is 0 Å². The zero-order valence-electron chi connectivity index (χ0n) is 8.77. The van der Waals surface area contributed by atoms with Crippen molar-refractivity contribution in [2.45, 2.75) is 45.4 Å². The first-order valence-electron chi connectivity index (χ1n) is 5.12. The van der Waals surface area contributed by atoms with Gasteiger partial charge in [-0.1, -0.05) is 6.92 Å². The Morgan fingerprint density at radius 3 is 2.46 bits per heavy atom. The molecule has 4 atom stereocenters. The van der Waals surface area contributed by atoms with E-state index >= 15 is 0 Å². The molecule has 3 heteroatoms. The van der Waals surface area contributed by atoms with Gasteiger partial charge in [-0.25, -0.2) is 0 Å². The zero-order valence-corrected chi connectivity index (χ0v) is 8.77. The minimum Gasteiger partial charge on any atom is -0.392 e. The molecule has 13 heavy (non-hydrogen) atoms. The van der Waals surface area contributed by atoms with Crippen molar-refractivity contribution < 1.29 is 10.2 Å². The summed E-state index contributed by atoms with van der Waals surface area (Å²) in [6.45, 7) is 7.58. The van der Waals surface area contributed by atoms with E-state index in [9.17, 15) is 10.2 Å². The fraction of sp³-hybridized carbons (Fsp3) is 1.00. The van der Waals surface area contributed by atoms with E-state index in [2.05, 4.69) is 11.8 Å². The van der Waals surface area contributed by atoms with Crippen LogP contribution in [0.1, 0.15) is 27.2 Å². The van der Waals surface area contributed by atoms with Gasteiger partial charge < -0.3 is 10.2 Å². The Hall–Kier alpha value is -0.120. The summed E-state index contributed by atoms with van der Waals surface area (Å²) in [5, 5.41) is 19.1. The first-order valence-corrected chi connectivity index (χ1v) is 5.12. The van der Waals surface area contributed by atoms with Gasteiger partial charge in [0.15, 0.2) is 0 Å². The number of hydrogen-bond donors (Lipinski definition) is 2. The van der Waals surface area contributed by atoms with E-state index in [1.807, 2.05) is 6.92 Å². The summed E-state index contributed by atoms with van der Waals surface area (Å²) in [7, 11) is 0. The second-order valence-electron chi connectivity index (χ2n) is 4.31. The Morgan fingerprint density at radius 2 is 2.00 bits per heavy atom. The summed E-state index contributed by atoms with van der Waals surface area (Å²) >= 11 is 0. The molecule has 2 N–H and O–H groups in total. The maximum absolute atomic E-state index is 9.66. The molecule has 1 aliphatic heterocycles. The van der Waals surface area contributed by atoms with E-state index in [1.165, 1.54) is 0 Å². The van der Waals surface area contributed by atoms with Crippen LogP contribution in [0.15, 0.2) is 0 Å². The Kier molecular flexibility index (Phi) is 3.71. The number of β-amino-alcohol motifs (C(OH)–C–C–N with tert-alkyl or cyclic N) is 1. The SMILES string of the molecule is CC(O)C(C)N1CCC(C)C(O)C1. The van der Waals surface area contributed by atoms with Crippen LogP contribution in [0.5, 0.6) is 0 Å². The summed E-state index contributed by atoms with van der Waals surface area (Å²) in [6, 6.07) is 0.155. The van der Waals surface area contributed by atoms with Gasteiger partial charge in [0.2, 0.25) is 0 Å². The minimum absolute atomic E-state index is 0.155. The molecule has 1 fully saturated rings. The Bertz CT molecular complexity index is 161. The van der Waals surface area contributed by atoms with Crippen LogP contribution < -0.4 is 0 Å². The van der Waals surface area contributed by atoms with Crippen LogP contribution in [0.25, 0.3) is 0 Å². The van der Waals surface area contributed by atoms with E-state index < -0.39 is 0 Å². The van der Waals surface area contributed by atoms with E-state index in [-0.39, 0.29) is 18.2 Å². The molecule has 1 saturated heterocycles. The Balaban J connectivity index is 2.45. The highest BCUT2D eigenvalue weighted by atomic mass is 16.3. The third-order valence-corrected chi connectivity index (χ3v) is 3.22. The van der Waals surface area contributed by atoms with Crippen molar-refractivity contribution in [3.8, 4) is 0 Å². The fourth-order valence-corrected chi connectivity index (χ4v) is 1.75. The standard InChI is InChI=1S/C10H21NO2/c1-7-4-5-11(6-10(7)13)8(2)9(3)12/h7-10,12-13H,4-6H2,1-3H3. The largest absolute Gasteiger partial charge is 0.392 e. The van der Waals surface area contributed by atoms with Crippen LogP contribution in [0.3, 0.4) is 0 Å². The molecule has 4 unspecified atom stereocenters. The number of likely N-dealkylation sites (tertiary alicyclic amines) is 1. The third-order valence-electron chi connectivity index (χ3n) is 3.22. The molecule has 0 aromatic carbocycles. The second kappa shape index (κ2) is 4.40. The van der Waals surface area contributed by atoms with Gasteiger partial charge in [-0.3, -0.25) is 4.90 Å². The number of aliphatic hydroxyl groups excluding tert-OH is 2. The molecule has 0 radical (unpaired) electrons. The molecular weight excluding hydrogens is 166 g/mol. The average molecular weight is 187 g/mol. The first kappa shape index (κ1) is 11.0. The maximum atomic E-state index is 9.66. The van der Waals surface area contributed by atoms with E-state index in [1.54, 1.807) is 6.92 Å². The molecule has 0 saturated carbocycles. The van der Waals surface area contributed by atoms with Gasteiger partial charge in [0.25, 0.3) is 0 Å².